The van der Waals surface area contributed by atoms with Crippen molar-refractivity contribution >= 4 is 5.91 Å². The predicted molar refractivity (Wildman–Crippen MR) is 97.9 cm³/mol. The molecule has 146 valence electrons. The van der Waals surface area contributed by atoms with Crippen LogP contribution in [0.1, 0.15) is 41.3 Å². The lowest BCUT2D eigenvalue weighted by atomic mass is 9.92. The molecule has 7 nitrogen and oxygen atoms in total. The third-order valence-electron chi connectivity index (χ3n) is 5.08. The molecule has 28 heavy (non-hydrogen) atoms. The van der Waals surface area contributed by atoms with E-state index in [1.165, 1.54) is 12.1 Å². The molecule has 2 aromatic heterocycles. The van der Waals surface area contributed by atoms with E-state index in [2.05, 4.69) is 15.3 Å². The smallest absolute Gasteiger partial charge is 0.276 e. The van der Waals surface area contributed by atoms with Gasteiger partial charge in [0.05, 0.1) is 0 Å². The van der Waals surface area contributed by atoms with Crippen molar-refractivity contribution in [3.05, 3.63) is 53.4 Å². The maximum absolute atomic E-state index is 13.0. The van der Waals surface area contributed by atoms with Gasteiger partial charge in [0.2, 0.25) is 0 Å². The van der Waals surface area contributed by atoms with Gasteiger partial charge in [0, 0.05) is 31.1 Å². The zero-order valence-corrected chi connectivity index (χ0v) is 15.6. The highest BCUT2D eigenvalue weighted by molar-refractivity contribution is 5.92. The molecule has 3 aromatic rings. The maximum Gasteiger partial charge on any atom is 0.276 e. The van der Waals surface area contributed by atoms with Crippen molar-refractivity contribution in [3.8, 4) is 11.5 Å². The first-order valence-corrected chi connectivity index (χ1v) is 9.39. The van der Waals surface area contributed by atoms with E-state index in [-0.39, 0.29) is 11.7 Å². The first-order chi connectivity index (χ1) is 13.6. The van der Waals surface area contributed by atoms with Gasteiger partial charge in [0.1, 0.15) is 11.6 Å². The zero-order valence-electron chi connectivity index (χ0n) is 15.6. The molecule has 1 aliphatic rings. The Labute approximate surface area is 161 Å². The number of hydrogen-bond donors (Lipinski definition) is 0. The van der Waals surface area contributed by atoms with Crippen molar-refractivity contribution in [2.75, 3.05) is 13.1 Å². The normalized spacial score (nSPS) is 15.1. The van der Waals surface area contributed by atoms with Crippen LogP contribution in [0.2, 0.25) is 0 Å². The van der Waals surface area contributed by atoms with Crippen LogP contribution in [0.3, 0.4) is 0 Å². The molecule has 0 saturated carbocycles. The largest absolute Gasteiger partial charge is 0.361 e. The number of piperidine rings is 1. The van der Waals surface area contributed by atoms with Crippen LogP contribution < -0.4 is 0 Å². The Morgan fingerprint density at radius 3 is 2.61 bits per heavy atom. The van der Waals surface area contributed by atoms with Crippen molar-refractivity contribution in [2.45, 2.75) is 32.6 Å². The quantitative estimate of drug-likeness (QED) is 0.667. The highest BCUT2D eigenvalue weighted by atomic mass is 19.1. The second kappa shape index (κ2) is 7.92. The van der Waals surface area contributed by atoms with Crippen LogP contribution in [0, 0.1) is 18.7 Å². The van der Waals surface area contributed by atoms with Crippen LogP contribution in [-0.4, -0.2) is 39.2 Å². The van der Waals surface area contributed by atoms with E-state index in [1.807, 2.05) is 4.90 Å². The van der Waals surface area contributed by atoms with E-state index in [1.54, 1.807) is 25.1 Å². The summed E-state index contributed by atoms with van der Waals surface area (Å²) in [6.45, 7) is 3.19. The van der Waals surface area contributed by atoms with Gasteiger partial charge in [-0.1, -0.05) is 10.3 Å². The standard InChI is InChI=1S/C20H21FN4O3/c1-13-12-17(23-27-13)20(26)25-10-8-14(9-11-25)2-7-18-22-19(28-24-18)15-3-5-16(21)6-4-15/h3-6,12,14H,2,7-11H2,1H3. The minimum absolute atomic E-state index is 0.0718. The third-order valence-corrected chi connectivity index (χ3v) is 5.08. The number of halogens is 1. The van der Waals surface area contributed by atoms with Gasteiger partial charge in [0.25, 0.3) is 11.8 Å². The molecule has 1 amide bonds. The second-order valence-corrected chi connectivity index (χ2v) is 7.12. The van der Waals surface area contributed by atoms with Gasteiger partial charge in [-0.25, -0.2) is 4.39 Å². The van der Waals surface area contributed by atoms with Crippen molar-refractivity contribution < 1.29 is 18.2 Å². The summed E-state index contributed by atoms with van der Waals surface area (Å²) in [4.78, 5) is 18.6. The molecule has 1 aromatic carbocycles. The summed E-state index contributed by atoms with van der Waals surface area (Å²) < 4.78 is 23.3. The third kappa shape index (κ3) is 4.11. The molecule has 3 heterocycles. The fourth-order valence-electron chi connectivity index (χ4n) is 3.45. The van der Waals surface area contributed by atoms with Crippen LogP contribution in [0.25, 0.3) is 11.5 Å². The summed E-state index contributed by atoms with van der Waals surface area (Å²) in [7, 11) is 0. The molecule has 0 unspecified atom stereocenters. The van der Waals surface area contributed by atoms with Gasteiger partial charge >= 0.3 is 0 Å². The number of aryl methyl sites for hydroxylation is 2. The number of carbonyl (C=O) groups is 1. The number of nitrogens with zero attached hydrogens (tertiary/aromatic N) is 4. The molecule has 0 aliphatic carbocycles. The number of amides is 1. The topological polar surface area (TPSA) is 85.3 Å². The van der Waals surface area contributed by atoms with Crippen LogP contribution >= 0.6 is 0 Å². The Bertz CT molecular complexity index is 943. The molecule has 8 heteroatoms. The lowest BCUT2D eigenvalue weighted by molar-refractivity contribution is 0.0676. The fraction of sp³-hybridized carbons (Fsp3) is 0.400. The predicted octanol–water partition coefficient (Wildman–Crippen LogP) is 3.66. The van der Waals surface area contributed by atoms with Gasteiger partial charge in [-0.2, -0.15) is 4.98 Å². The second-order valence-electron chi connectivity index (χ2n) is 7.12. The van der Waals surface area contributed by atoms with E-state index >= 15 is 0 Å². The molecule has 1 saturated heterocycles. The van der Waals surface area contributed by atoms with Crippen molar-refractivity contribution in [1.29, 1.82) is 0 Å². The van der Waals surface area contributed by atoms with Gasteiger partial charge in [-0.15, -0.1) is 0 Å². The molecule has 0 radical (unpaired) electrons. The van der Waals surface area contributed by atoms with Gasteiger partial charge < -0.3 is 13.9 Å². The highest BCUT2D eigenvalue weighted by Gasteiger charge is 2.25. The Hall–Kier alpha value is -3.03. The molecular weight excluding hydrogens is 363 g/mol. The first kappa shape index (κ1) is 18.3. The van der Waals surface area contributed by atoms with Crippen molar-refractivity contribution in [3.63, 3.8) is 0 Å². The van der Waals surface area contributed by atoms with Crippen LogP contribution in [0.15, 0.2) is 39.4 Å². The molecule has 0 atom stereocenters. The van der Waals surface area contributed by atoms with Gasteiger partial charge in [-0.05, 0) is 56.4 Å². The number of rotatable bonds is 5. The van der Waals surface area contributed by atoms with E-state index in [0.717, 1.165) is 19.3 Å². The van der Waals surface area contributed by atoms with Crippen molar-refractivity contribution in [2.24, 2.45) is 5.92 Å². The number of aromatic nitrogens is 3. The Morgan fingerprint density at radius 1 is 1.18 bits per heavy atom. The van der Waals surface area contributed by atoms with Crippen LogP contribution in [0.5, 0.6) is 0 Å². The van der Waals surface area contributed by atoms with Gasteiger partial charge in [0.15, 0.2) is 11.5 Å². The van der Waals surface area contributed by atoms with E-state index in [0.29, 0.717) is 54.2 Å². The summed E-state index contributed by atoms with van der Waals surface area (Å²) in [5.74, 6) is 1.83. The van der Waals surface area contributed by atoms with Crippen LogP contribution in [-0.2, 0) is 6.42 Å². The molecule has 4 rings (SSSR count). The molecule has 1 aliphatic heterocycles. The number of hydrogen-bond acceptors (Lipinski definition) is 6. The Balaban J connectivity index is 1.27. The minimum Gasteiger partial charge on any atom is -0.361 e. The lowest BCUT2D eigenvalue weighted by Gasteiger charge is -2.31. The minimum atomic E-state index is -0.299. The number of benzene rings is 1. The maximum atomic E-state index is 13.0. The summed E-state index contributed by atoms with van der Waals surface area (Å²) in [6.07, 6.45) is 3.52. The van der Waals surface area contributed by atoms with E-state index < -0.39 is 0 Å². The lowest BCUT2D eigenvalue weighted by Crippen LogP contribution is -2.38. The summed E-state index contributed by atoms with van der Waals surface area (Å²) in [5.41, 5.74) is 1.08. The summed E-state index contributed by atoms with van der Waals surface area (Å²) in [6, 6.07) is 7.65. The average molecular weight is 384 g/mol. The monoisotopic (exact) mass is 384 g/mol. The Morgan fingerprint density at radius 2 is 1.93 bits per heavy atom. The molecule has 0 spiro atoms. The molecular formula is C20H21FN4O3. The van der Waals surface area contributed by atoms with E-state index in [4.69, 9.17) is 9.05 Å². The SMILES string of the molecule is Cc1cc(C(=O)N2CCC(CCc3noc(-c4ccc(F)cc4)n3)CC2)no1. The molecule has 0 bridgehead atoms. The number of likely N-dealkylation sites (tertiary alicyclic amines) is 1. The first-order valence-electron chi connectivity index (χ1n) is 9.39. The fourth-order valence-corrected chi connectivity index (χ4v) is 3.45. The Kier molecular flexibility index (Phi) is 5.18. The summed E-state index contributed by atoms with van der Waals surface area (Å²) in [5, 5.41) is 7.83. The van der Waals surface area contributed by atoms with Gasteiger partial charge in [-0.3, -0.25) is 4.79 Å². The molecule has 1 fully saturated rings. The zero-order chi connectivity index (χ0) is 19.5. The highest BCUT2D eigenvalue weighted by Crippen LogP contribution is 2.24. The van der Waals surface area contributed by atoms with Crippen molar-refractivity contribution in [1.82, 2.24) is 20.2 Å². The molecule has 0 N–H and O–H groups in total. The van der Waals surface area contributed by atoms with E-state index in [9.17, 15) is 9.18 Å². The average Bonchev–Trinajstić information content (AvgIpc) is 3.36. The number of carbonyl (C=O) groups excluding carboxylic acids is 1. The summed E-state index contributed by atoms with van der Waals surface area (Å²) >= 11 is 0. The van der Waals surface area contributed by atoms with Crippen LogP contribution in [0.4, 0.5) is 4.39 Å².